The number of nitrogens with zero attached hydrogens (tertiary/aromatic N) is 1. The van der Waals surface area contributed by atoms with Crippen molar-refractivity contribution in [1.82, 2.24) is 14.7 Å². The highest BCUT2D eigenvalue weighted by atomic mass is 32.2. The minimum atomic E-state index is -3.51. The molecule has 11 heteroatoms. The van der Waals surface area contributed by atoms with Gasteiger partial charge in [0.25, 0.3) is 5.91 Å². The van der Waals surface area contributed by atoms with E-state index in [4.69, 9.17) is 5.73 Å². The molecule has 0 aliphatic heterocycles. The number of hydrogen-bond donors (Lipinski definition) is 4. The number of sulfonamides is 1. The number of rotatable bonds is 8. The molecule has 0 saturated carbocycles. The number of H-pyrrole nitrogens is 1. The van der Waals surface area contributed by atoms with Crippen molar-refractivity contribution in [2.45, 2.75) is 11.8 Å². The van der Waals surface area contributed by atoms with Crippen molar-refractivity contribution < 1.29 is 18.0 Å². The molecule has 1 aromatic carbocycles. The number of aromatic nitrogens is 2. The lowest BCUT2D eigenvalue weighted by Gasteiger charge is -2.04. The monoisotopic (exact) mass is 445 g/mol. The smallest absolute Gasteiger partial charge is 0.265 e. The van der Waals surface area contributed by atoms with Crippen LogP contribution in [0.2, 0.25) is 0 Å². The lowest BCUT2D eigenvalue weighted by Crippen LogP contribution is -2.22. The van der Waals surface area contributed by atoms with Gasteiger partial charge in [0.05, 0.1) is 10.6 Å². The van der Waals surface area contributed by atoms with Crippen LogP contribution in [0.5, 0.6) is 0 Å². The molecule has 0 aliphatic carbocycles. The van der Waals surface area contributed by atoms with Crippen LogP contribution in [0.1, 0.15) is 23.0 Å². The molecule has 2 amide bonds. The average molecular weight is 446 g/mol. The van der Waals surface area contributed by atoms with E-state index in [0.717, 1.165) is 0 Å². The zero-order valence-electron chi connectivity index (χ0n) is 15.9. The zero-order valence-corrected chi connectivity index (χ0v) is 17.5. The number of aromatic amines is 1. The van der Waals surface area contributed by atoms with Gasteiger partial charge in [-0.2, -0.15) is 0 Å². The van der Waals surface area contributed by atoms with E-state index in [0.29, 0.717) is 28.5 Å². The molecule has 0 saturated heterocycles. The lowest BCUT2D eigenvalue weighted by molar-refractivity contribution is -0.111. The molecule has 3 rings (SSSR count). The summed E-state index contributed by atoms with van der Waals surface area (Å²) in [4.78, 5) is 30.5. The number of amides is 2. The first kappa shape index (κ1) is 21.4. The highest BCUT2D eigenvalue weighted by Crippen LogP contribution is 2.25. The molecule has 0 atom stereocenters. The summed E-state index contributed by atoms with van der Waals surface area (Å²) in [5.41, 5.74) is 7.44. The van der Waals surface area contributed by atoms with Gasteiger partial charge in [0.2, 0.25) is 15.9 Å². The maximum Gasteiger partial charge on any atom is 0.265 e. The van der Waals surface area contributed by atoms with Gasteiger partial charge in [-0.05, 0) is 29.8 Å². The fourth-order valence-electron chi connectivity index (χ4n) is 2.50. The lowest BCUT2D eigenvalue weighted by atomic mass is 10.2. The van der Waals surface area contributed by atoms with Gasteiger partial charge < -0.3 is 10.7 Å². The molecule has 0 spiro atoms. The molecule has 0 aliphatic rings. The highest BCUT2D eigenvalue weighted by molar-refractivity contribution is 7.89. The van der Waals surface area contributed by atoms with E-state index in [1.807, 2.05) is 0 Å². The Morgan fingerprint density at radius 2 is 2.00 bits per heavy atom. The van der Waals surface area contributed by atoms with Crippen molar-refractivity contribution >= 4 is 44.4 Å². The van der Waals surface area contributed by atoms with E-state index in [1.165, 1.54) is 29.5 Å². The Kier molecular flexibility index (Phi) is 6.45. The second-order valence-corrected chi connectivity index (χ2v) is 8.72. The normalized spacial score (nSPS) is 11.6. The van der Waals surface area contributed by atoms with Gasteiger partial charge in [0.1, 0.15) is 5.69 Å². The summed E-state index contributed by atoms with van der Waals surface area (Å²) in [6, 6.07) is 7.75. The van der Waals surface area contributed by atoms with E-state index >= 15 is 0 Å². The first-order valence-electron chi connectivity index (χ1n) is 8.81. The Labute approximate surface area is 177 Å². The number of benzene rings is 1. The van der Waals surface area contributed by atoms with E-state index in [-0.39, 0.29) is 16.5 Å². The van der Waals surface area contributed by atoms with Crippen molar-refractivity contribution in [2.75, 3.05) is 11.9 Å². The quantitative estimate of drug-likeness (QED) is 0.392. The van der Waals surface area contributed by atoms with Crippen molar-refractivity contribution in [3.05, 3.63) is 59.2 Å². The fourth-order valence-corrected chi connectivity index (χ4v) is 4.26. The second kappa shape index (κ2) is 9.03. The number of carbonyl (C=O) groups excluding carboxylic acids is 2. The molecule has 2 aromatic heterocycles. The summed E-state index contributed by atoms with van der Waals surface area (Å²) < 4.78 is 26.3. The first-order valence-corrected chi connectivity index (χ1v) is 11.2. The van der Waals surface area contributed by atoms with Crippen LogP contribution in [0.4, 0.5) is 5.13 Å². The summed E-state index contributed by atoms with van der Waals surface area (Å²) in [6.07, 6.45) is 4.51. The van der Waals surface area contributed by atoms with Crippen molar-refractivity contribution in [1.29, 1.82) is 0 Å². The Balaban J connectivity index is 1.62. The summed E-state index contributed by atoms with van der Waals surface area (Å²) in [7, 11) is -3.51. The van der Waals surface area contributed by atoms with Crippen LogP contribution in [0.3, 0.4) is 0 Å². The maximum atomic E-state index is 12.1. The Morgan fingerprint density at radius 1 is 1.27 bits per heavy atom. The number of carbonyl (C=O) groups is 2. The standard InChI is InChI=1S/C19H19N5O4S2/c1-2-22-30(27,28)14-6-3-12(4-7-14)5-8-17(25)24-19-23-16(11-29-19)13-9-15(18(20)26)21-10-13/h3-11,21-22H,2H2,1H3,(H2,20,26)(H,23,24,25)/b8-5+. The summed E-state index contributed by atoms with van der Waals surface area (Å²) in [5, 5.41) is 4.80. The molecule has 0 bridgehead atoms. The Hall–Kier alpha value is -3.28. The van der Waals surface area contributed by atoms with Gasteiger partial charge in [-0.3, -0.25) is 14.9 Å². The van der Waals surface area contributed by atoms with Gasteiger partial charge in [-0.1, -0.05) is 19.1 Å². The number of primary amides is 1. The van der Waals surface area contributed by atoms with E-state index in [1.54, 1.807) is 42.8 Å². The van der Waals surface area contributed by atoms with Crippen LogP contribution < -0.4 is 15.8 Å². The molecule has 3 aromatic rings. The Morgan fingerprint density at radius 3 is 2.63 bits per heavy atom. The summed E-state index contributed by atoms with van der Waals surface area (Å²) in [6.45, 7) is 2.01. The average Bonchev–Trinajstić information content (AvgIpc) is 3.36. The first-order chi connectivity index (χ1) is 14.3. The van der Waals surface area contributed by atoms with Gasteiger partial charge in [0, 0.05) is 29.8 Å². The van der Waals surface area contributed by atoms with Crippen LogP contribution in [0, 0.1) is 0 Å². The number of hydrogen-bond acceptors (Lipinski definition) is 6. The molecule has 0 unspecified atom stereocenters. The van der Waals surface area contributed by atoms with Crippen LogP contribution in [0.25, 0.3) is 17.3 Å². The van der Waals surface area contributed by atoms with Gasteiger partial charge in [-0.25, -0.2) is 18.1 Å². The molecule has 2 heterocycles. The SMILES string of the molecule is CCNS(=O)(=O)c1ccc(/C=C/C(=O)Nc2nc(-c3c[nH]c(C(N)=O)c3)cs2)cc1. The van der Waals surface area contributed by atoms with Crippen molar-refractivity contribution in [3.8, 4) is 11.3 Å². The third kappa shape index (κ3) is 5.20. The van der Waals surface area contributed by atoms with Crippen LogP contribution in [0.15, 0.2) is 52.9 Å². The largest absolute Gasteiger partial charge is 0.364 e. The molecule has 9 nitrogen and oxygen atoms in total. The van der Waals surface area contributed by atoms with Crippen molar-refractivity contribution in [3.63, 3.8) is 0 Å². The summed E-state index contributed by atoms with van der Waals surface area (Å²) in [5.74, 6) is -0.949. The molecule has 30 heavy (non-hydrogen) atoms. The second-order valence-electron chi connectivity index (χ2n) is 6.10. The van der Waals surface area contributed by atoms with Crippen molar-refractivity contribution in [2.24, 2.45) is 5.73 Å². The number of nitrogens with one attached hydrogen (secondary N) is 3. The van der Waals surface area contributed by atoms with Gasteiger partial charge in [0.15, 0.2) is 5.13 Å². The van der Waals surface area contributed by atoms with E-state index in [9.17, 15) is 18.0 Å². The molecule has 5 N–H and O–H groups in total. The van der Waals surface area contributed by atoms with Gasteiger partial charge in [-0.15, -0.1) is 11.3 Å². The molecule has 156 valence electrons. The predicted molar refractivity (Wildman–Crippen MR) is 115 cm³/mol. The van der Waals surface area contributed by atoms with Crippen LogP contribution in [-0.4, -0.2) is 36.7 Å². The zero-order chi connectivity index (χ0) is 21.7. The molecule has 0 radical (unpaired) electrons. The number of anilines is 1. The molecular weight excluding hydrogens is 426 g/mol. The predicted octanol–water partition coefficient (Wildman–Crippen LogP) is 2.19. The number of thiazole rings is 1. The minimum Gasteiger partial charge on any atom is -0.364 e. The highest BCUT2D eigenvalue weighted by Gasteiger charge is 2.12. The van der Waals surface area contributed by atoms with Gasteiger partial charge >= 0.3 is 0 Å². The maximum absolute atomic E-state index is 12.1. The van der Waals surface area contributed by atoms with Crippen LogP contribution in [-0.2, 0) is 14.8 Å². The third-order valence-corrected chi connectivity index (χ3v) is 6.25. The Bertz CT molecular complexity index is 1190. The minimum absolute atomic E-state index is 0.158. The van der Waals surface area contributed by atoms with E-state index in [2.05, 4.69) is 20.0 Å². The fraction of sp³-hybridized carbons (Fsp3) is 0.105. The molecule has 0 fully saturated rings. The third-order valence-electron chi connectivity index (χ3n) is 3.93. The topological polar surface area (TPSA) is 147 Å². The number of nitrogens with two attached hydrogens (primary N) is 1. The van der Waals surface area contributed by atoms with E-state index < -0.39 is 15.9 Å². The molecular formula is C19H19N5O4S2. The summed E-state index contributed by atoms with van der Waals surface area (Å²) >= 11 is 1.24. The van der Waals surface area contributed by atoms with Crippen LogP contribution >= 0.6 is 11.3 Å².